The van der Waals surface area contributed by atoms with Crippen LogP contribution in [0.15, 0.2) is 29.2 Å². The number of thioether (sulfide) groups is 1. The zero-order valence-electron chi connectivity index (χ0n) is 12.6. The Kier molecular flexibility index (Phi) is 4.61. The van der Waals surface area contributed by atoms with Crippen LogP contribution in [0.1, 0.15) is 37.0 Å². The number of hydrogen-bond donors (Lipinski definition) is 1. The number of carboxylic acids is 1. The van der Waals surface area contributed by atoms with Crippen molar-refractivity contribution in [3.05, 3.63) is 29.8 Å². The molecule has 1 N–H and O–H groups in total. The minimum absolute atomic E-state index is 0.180. The van der Waals surface area contributed by atoms with Gasteiger partial charge in [0.2, 0.25) is 0 Å². The van der Waals surface area contributed by atoms with Gasteiger partial charge in [-0.25, -0.2) is 4.79 Å². The average Bonchev–Trinajstić information content (AvgIpc) is 2.44. The Morgan fingerprint density at radius 3 is 2.62 bits per heavy atom. The summed E-state index contributed by atoms with van der Waals surface area (Å²) in [5.41, 5.74) is 0.183. The van der Waals surface area contributed by atoms with Gasteiger partial charge in [-0.2, -0.15) is 0 Å². The second kappa shape index (κ2) is 6.10. The van der Waals surface area contributed by atoms with Crippen LogP contribution in [0.2, 0.25) is 0 Å². The van der Waals surface area contributed by atoms with Crippen LogP contribution < -0.4 is 0 Å². The first-order valence-corrected chi connectivity index (χ1v) is 8.28. The molecule has 1 saturated heterocycles. The first kappa shape index (κ1) is 15.9. The third-order valence-electron chi connectivity index (χ3n) is 4.10. The minimum atomic E-state index is -0.922. The molecule has 1 fully saturated rings. The summed E-state index contributed by atoms with van der Waals surface area (Å²) < 4.78 is 0. The van der Waals surface area contributed by atoms with Crippen molar-refractivity contribution >= 4 is 23.6 Å². The molecule has 1 aromatic carbocycles. The van der Waals surface area contributed by atoms with Gasteiger partial charge in [0.15, 0.2) is 0 Å². The molecular formula is C16H21NO3S. The summed E-state index contributed by atoms with van der Waals surface area (Å²) in [6, 6.07) is 6.60. The molecule has 1 aliphatic heterocycles. The molecule has 0 bridgehead atoms. The third kappa shape index (κ3) is 3.07. The van der Waals surface area contributed by atoms with Crippen molar-refractivity contribution in [2.24, 2.45) is 5.41 Å². The lowest BCUT2D eigenvalue weighted by Crippen LogP contribution is -2.56. The van der Waals surface area contributed by atoms with Crippen LogP contribution in [0.4, 0.5) is 0 Å². The van der Waals surface area contributed by atoms with Gasteiger partial charge >= 0.3 is 5.97 Å². The minimum Gasteiger partial charge on any atom is -0.480 e. The highest BCUT2D eigenvalue weighted by atomic mass is 32.2. The SMILES string of the molecule is CSc1ccccc1C(=O)N1CCCC(C)(C)C1C(=O)O. The van der Waals surface area contributed by atoms with E-state index in [9.17, 15) is 14.7 Å². The lowest BCUT2D eigenvalue weighted by molar-refractivity contribution is -0.148. The molecule has 0 spiro atoms. The number of carbonyl (C=O) groups excluding carboxylic acids is 1. The lowest BCUT2D eigenvalue weighted by atomic mass is 9.76. The van der Waals surface area contributed by atoms with Crippen molar-refractivity contribution in [2.45, 2.75) is 37.6 Å². The summed E-state index contributed by atoms with van der Waals surface area (Å²) in [5.74, 6) is -1.10. The fraction of sp³-hybridized carbons (Fsp3) is 0.500. The third-order valence-corrected chi connectivity index (χ3v) is 4.90. The Balaban J connectivity index is 2.38. The second-order valence-corrected chi connectivity index (χ2v) is 6.88. The van der Waals surface area contributed by atoms with Crippen LogP contribution in [-0.4, -0.2) is 40.7 Å². The lowest BCUT2D eigenvalue weighted by Gasteiger charge is -2.44. The Hall–Kier alpha value is -1.49. The van der Waals surface area contributed by atoms with Crippen LogP contribution in [-0.2, 0) is 4.79 Å². The maximum atomic E-state index is 12.8. The molecule has 1 aromatic rings. The van der Waals surface area contributed by atoms with Gasteiger partial charge in [0.1, 0.15) is 6.04 Å². The number of piperidine rings is 1. The summed E-state index contributed by atoms with van der Waals surface area (Å²) in [5, 5.41) is 9.57. The zero-order chi connectivity index (χ0) is 15.6. The number of hydrogen-bond acceptors (Lipinski definition) is 3. The Bertz CT molecular complexity index is 556. The van der Waals surface area contributed by atoms with E-state index in [1.165, 1.54) is 16.7 Å². The highest BCUT2D eigenvalue weighted by Crippen LogP contribution is 2.36. The number of nitrogens with zero attached hydrogens (tertiary/aromatic N) is 1. The number of likely N-dealkylation sites (tertiary alicyclic amines) is 1. The smallest absolute Gasteiger partial charge is 0.326 e. The molecule has 2 rings (SSSR count). The summed E-state index contributed by atoms with van der Waals surface area (Å²) in [7, 11) is 0. The molecule has 21 heavy (non-hydrogen) atoms. The largest absolute Gasteiger partial charge is 0.480 e. The molecule has 4 nitrogen and oxygen atoms in total. The molecular weight excluding hydrogens is 286 g/mol. The maximum absolute atomic E-state index is 12.8. The molecule has 1 amide bonds. The molecule has 5 heteroatoms. The van der Waals surface area contributed by atoms with E-state index in [0.717, 1.165) is 17.7 Å². The Morgan fingerprint density at radius 2 is 2.00 bits per heavy atom. The summed E-state index contributed by atoms with van der Waals surface area (Å²) >= 11 is 1.50. The molecule has 0 aliphatic carbocycles. The number of carbonyl (C=O) groups is 2. The van der Waals surface area contributed by atoms with Gasteiger partial charge in [-0.3, -0.25) is 4.79 Å². The Labute approximate surface area is 129 Å². The van der Waals surface area contributed by atoms with Crippen molar-refractivity contribution in [1.82, 2.24) is 4.90 Å². The van der Waals surface area contributed by atoms with Gasteiger partial charge in [-0.15, -0.1) is 11.8 Å². The average molecular weight is 307 g/mol. The number of amides is 1. The molecule has 0 aromatic heterocycles. The highest BCUT2D eigenvalue weighted by Gasteiger charge is 2.44. The first-order valence-electron chi connectivity index (χ1n) is 7.05. The zero-order valence-corrected chi connectivity index (χ0v) is 13.4. The van der Waals surface area contributed by atoms with E-state index in [1.807, 2.05) is 38.3 Å². The maximum Gasteiger partial charge on any atom is 0.326 e. The summed E-state index contributed by atoms with van der Waals surface area (Å²) in [6.45, 7) is 4.35. The van der Waals surface area contributed by atoms with Gasteiger partial charge in [-0.1, -0.05) is 26.0 Å². The van der Waals surface area contributed by atoms with E-state index in [1.54, 1.807) is 6.07 Å². The second-order valence-electron chi connectivity index (χ2n) is 6.03. The molecule has 0 saturated carbocycles. The number of carboxylic acid groups (broad SMARTS) is 1. The van der Waals surface area contributed by atoms with Crippen LogP contribution in [0.3, 0.4) is 0 Å². The first-order chi connectivity index (χ1) is 9.88. The van der Waals surface area contributed by atoms with Crippen molar-refractivity contribution in [1.29, 1.82) is 0 Å². The van der Waals surface area contributed by atoms with Crippen molar-refractivity contribution in [3.8, 4) is 0 Å². The van der Waals surface area contributed by atoms with Gasteiger partial charge < -0.3 is 10.0 Å². The van der Waals surface area contributed by atoms with Gasteiger partial charge in [0, 0.05) is 11.4 Å². The molecule has 1 heterocycles. The molecule has 114 valence electrons. The van der Waals surface area contributed by atoms with E-state index in [4.69, 9.17) is 0 Å². The molecule has 1 aliphatic rings. The van der Waals surface area contributed by atoms with E-state index in [2.05, 4.69) is 0 Å². The van der Waals surface area contributed by atoms with Crippen LogP contribution in [0.5, 0.6) is 0 Å². The van der Waals surface area contributed by atoms with E-state index in [0.29, 0.717) is 12.1 Å². The molecule has 1 unspecified atom stereocenters. The van der Waals surface area contributed by atoms with Crippen LogP contribution >= 0.6 is 11.8 Å². The summed E-state index contributed by atoms with van der Waals surface area (Å²) in [6.07, 6.45) is 3.57. The van der Waals surface area contributed by atoms with Crippen LogP contribution in [0.25, 0.3) is 0 Å². The fourth-order valence-electron chi connectivity index (χ4n) is 3.06. The topological polar surface area (TPSA) is 57.6 Å². The van der Waals surface area contributed by atoms with Crippen molar-refractivity contribution in [2.75, 3.05) is 12.8 Å². The predicted octanol–water partition coefficient (Wildman–Crippen LogP) is 3.12. The number of rotatable bonds is 3. The molecule has 0 radical (unpaired) electrons. The molecule has 1 atom stereocenters. The van der Waals surface area contributed by atoms with Gasteiger partial charge in [0.25, 0.3) is 5.91 Å². The monoisotopic (exact) mass is 307 g/mol. The van der Waals surface area contributed by atoms with Crippen LogP contribution in [0, 0.1) is 5.41 Å². The number of aliphatic carboxylic acids is 1. The Morgan fingerprint density at radius 1 is 1.33 bits per heavy atom. The van der Waals surface area contributed by atoms with E-state index < -0.39 is 17.4 Å². The number of benzene rings is 1. The van der Waals surface area contributed by atoms with E-state index >= 15 is 0 Å². The van der Waals surface area contributed by atoms with Gasteiger partial charge in [-0.05, 0) is 36.6 Å². The predicted molar refractivity (Wildman–Crippen MR) is 83.7 cm³/mol. The normalized spacial score (nSPS) is 21.1. The van der Waals surface area contributed by atoms with Crippen molar-refractivity contribution in [3.63, 3.8) is 0 Å². The van der Waals surface area contributed by atoms with Crippen molar-refractivity contribution < 1.29 is 14.7 Å². The quantitative estimate of drug-likeness (QED) is 0.872. The van der Waals surface area contributed by atoms with E-state index in [-0.39, 0.29) is 5.91 Å². The fourth-order valence-corrected chi connectivity index (χ4v) is 3.65. The standard InChI is InChI=1S/C16H21NO3S/c1-16(2)9-6-10-17(13(16)15(19)20)14(18)11-7-4-5-8-12(11)21-3/h4-5,7-8,13H,6,9-10H2,1-3H3,(H,19,20). The highest BCUT2D eigenvalue weighted by molar-refractivity contribution is 7.98. The van der Waals surface area contributed by atoms with Gasteiger partial charge in [0.05, 0.1) is 5.56 Å². The summed E-state index contributed by atoms with van der Waals surface area (Å²) in [4.78, 5) is 26.9.